The Labute approximate surface area is 136 Å². The Bertz CT molecular complexity index is 836. The van der Waals surface area contributed by atoms with Crippen LogP contribution in [0.3, 0.4) is 0 Å². The van der Waals surface area contributed by atoms with Crippen LogP contribution in [-0.2, 0) is 16.1 Å². The molecule has 0 saturated heterocycles. The summed E-state index contributed by atoms with van der Waals surface area (Å²) in [5.74, 6) is -0.199. The SMILES string of the molecule is Cc1c(C(=O)OCC(=O)NCc2ccco2)sc2ccccc12. The Balaban J connectivity index is 1.58. The molecule has 0 unspecified atom stereocenters. The maximum absolute atomic E-state index is 12.2. The van der Waals surface area contributed by atoms with E-state index in [1.54, 1.807) is 12.1 Å². The van der Waals surface area contributed by atoms with E-state index in [-0.39, 0.29) is 19.1 Å². The lowest BCUT2D eigenvalue weighted by Gasteiger charge is -2.05. The Hall–Kier alpha value is -2.60. The van der Waals surface area contributed by atoms with Crippen molar-refractivity contribution in [2.24, 2.45) is 0 Å². The minimum absolute atomic E-state index is 0.269. The van der Waals surface area contributed by atoms with Crippen LogP contribution in [0.5, 0.6) is 0 Å². The van der Waals surface area contributed by atoms with Gasteiger partial charge in [0.1, 0.15) is 10.6 Å². The molecule has 6 heteroatoms. The molecular formula is C17H15NO4S. The van der Waals surface area contributed by atoms with Gasteiger partial charge in [0.2, 0.25) is 0 Å². The molecule has 1 aromatic carbocycles. The second-order valence-electron chi connectivity index (χ2n) is 4.98. The standard InChI is InChI=1S/C17H15NO4S/c1-11-13-6-2-3-7-14(13)23-16(11)17(20)22-10-15(19)18-9-12-5-4-8-21-12/h2-8H,9-10H2,1H3,(H,18,19). The molecule has 5 nitrogen and oxygen atoms in total. The first kappa shape index (κ1) is 15.3. The van der Waals surface area contributed by atoms with Crippen LogP contribution in [0.2, 0.25) is 0 Å². The number of hydrogen-bond donors (Lipinski definition) is 1. The van der Waals surface area contributed by atoms with Crippen molar-refractivity contribution in [2.75, 3.05) is 6.61 Å². The molecule has 3 rings (SSSR count). The van der Waals surface area contributed by atoms with Crippen molar-refractivity contribution in [2.45, 2.75) is 13.5 Å². The second kappa shape index (κ2) is 6.66. The van der Waals surface area contributed by atoms with Crippen molar-refractivity contribution < 1.29 is 18.7 Å². The first-order valence-corrected chi connectivity index (χ1v) is 7.91. The van der Waals surface area contributed by atoms with Crippen molar-refractivity contribution in [3.8, 4) is 0 Å². The predicted molar refractivity (Wildman–Crippen MR) is 87.4 cm³/mol. The van der Waals surface area contributed by atoms with Crippen LogP contribution in [0.25, 0.3) is 10.1 Å². The van der Waals surface area contributed by atoms with Gasteiger partial charge in [-0.1, -0.05) is 18.2 Å². The number of ether oxygens (including phenoxy) is 1. The molecule has 0 saturated carbocycles. The van der Waals surface area contributed by atoms with Gasteiger partial charge in [0.05, 0.1) is 12.8 Å². The number of thiophene rings is 1. The van der Waals surface area contributed by atoms with Gasteiger partial charge in [-0.3, -0.25) is 4.79 Å². The molecule has 1 N–H and O–H groups in total. The van der Waals surface area contributed by atoms with Gasteiger partial charge in [-0.2, -0.15) is 0 Å². The number of nitrogens with one attached hydrogen (secondary N) is 1. The highest BCUT2D eigenvalue weighted by molar-refractivity contribution is 7.21. The number of fused-ring (bicyclic) bond motifs is 1. The molecule has 23 heavy (non-hydrogen) atoms. The monoisotopic (exact) mass is 329 g/mol. The van der Waals surface area contributed by atoms with Gasteiger partial charge in [0.25, 0.3) is 5.91 Å². The topological polar surface area (TPSA) is 68.5 Å². The maximum Gasteiger partial charge on any atom is 0.349 e. The molecule has 0 radical (unpaired) electrons. The van der Waals surface area contributed by atoms with E-state index in [9.17, 15) is 9.59 Å². The van der Waals surface area contributed by atoms with Gasteiger partial charge in [0, 0.05) is 4.70 Å². The van der Waals surface area contributed by atoms with E-state index in [4.69, 9.17) is 9.15 Å². The molecule has 2 aromatic heterocycles. The average molecular weight is 329 g/mol. The highest BCUT2D eigenvalue weighted by atomic mass is 32.1. The summed E-state index contributed by atoms with van der Waals surface area (Å²) in [4.78, 5) is 24.4. The number of furan rings is 1. The molecule has 0 atom stereocenters. The average Bonchev–Trinajstić information content (AvgIpc) is 3.19. The van der Waals surface area contributed by atoms with E-state index in [0.29, 0.717) is 10.6 Å². The zero-order valence-electron chi connectivity index (χ0n) is 12.5. The lowest BCUT2D eigenvalue weighted by atomic mass is 10.1. The first-order chi connectivity index (χ1) is 11.1. The second-order valence-corrected chi connectivity index (χ2v) is 6.04. The van der Waals surface area contributed by atoms with Gasteiger partial charge in [-0.05, 0) is 36.1 Å². The maximum atomic E-state index is 12.2. The summed E-state index contributed by atoms with van der Waals surface area (Å²) in [5.41, 5.74) is 0.881. The van der Waals surface area contributed by atoms with E-state index >= 15 is 0 Å². The predicted octanol–water partition coefficient (Wildman–Crippen LogP) is 3.28. The minimum Gasteiger partial charge on any atom is -0.467 e. The number of benzene rings is 1. The summed E-state index contributed by atoms with van der Waals surface area (Å²) in [7, 11) is 0. The van der Waals surface area contributed by atoms with Crippen LogP contribution < -0.4 is 5.32 Å². The van der Waals surface area contributed by atoms with Crippen LogP contribution in [0.4, 0.5) is 0 Å². The summed E-state index contributed by atoms with van der Waals surface area (Å²) < 4.78 is 11.2. The third-order valence-corrected chi connectivity index (χ3v) is 4.66. The van der Waals surface area contributed by atoms with Crippen molar-refractivity contribution in [3.05, 3.63) is 58.9 Å². The molecule has 0 fully saturated rings. The van der Waals surface area contributed by atoms with Gasteiger partial charge in [-0.25, -0.2) is 4.79 Å². The summed E-state index contributed by atoms with van der Waals surface area (Å²) in [6.07, 6.45) is 1.53. The van der Waals surface area contributed by atoms with E-state index in [2.05, 4.69) is 5.32 Å². The Morgan fingerprint density at radius 3 is 2.78 bits per heavy atom. The molecule has 0 aliphatic heterocycles. The molecule has 1 amide bonds. The quantitative estimate of drug-likeness (QED) is 0.729. The van der Waals surface area contributed by atoms with E-state index < -0.39 is 5.97 Å². The van der Waals surface area contributed by atoms with Gasteiger partial charge >= 0.3 is 5.97 Å². The highest BCUT2D eigenvalue weighted by Crippen LogP contribution is 2.30. The van der Waals surface area contributed by atoms with Crippen LogP contribution in [0.15, 0.2) is 47.1 Å². The largest absolute Gasteiger partial charge is 0.467 e. The molecule has 0 spiro atoms. The van der Waals surface area contributed by atoms with Crippen LogP contribution >= 0.6 is 11.3 Å². The number of aryl methyl sites for hydroxylation is 1. The third kappa shape index (κ3) is 3.43. The lowest BCUT2D eigenvalue weighted by Crippen LogP contribution is -2.28. The molecule has 0 aliphatic carbocycles. The van der Waals surface area contributed by atoms with Gasteiger partial charge in [-0.15, -0.1) is 11.3 Å². The smallest absolute Gasteiger partial charge is 0.349 e. The number of amides is 1. The minimum atomic E-state index is -0.475. The van der Waals surface area contributed by atoms with Crippen molar-refractivity contribution >= 4 is 33.3 Å². The Morgan fingerprint density at radius 1 is 1.22 bits per heavy atom. The Morgan fingerprint density at radius 2 is 2.04 bits per heavy atom. The van der Waals surface area contributed by atoms with Gasteiger partial charge in [0.15, 0.2) is 6.61 Å². The van der Waals surface area contributed by atoms with E-state index in [1.807, 2.05) is 31.2 Å². The number of carbonyl (C=O) groups excluding carboxylic acids is 2. The van der Waals surface area contributed by atoms with Gasteiger partial charge < -0.3 is 14.5 Å². The summed E-state index contributed by atoms with van der Waals surface area (Å²) >= 11 is 1.37. The van der Waals surface area contributed by atoms with Crippen LogP contribution in [0, 0.1) is 6.92 Å². The van der Waals surface area contributed by atoms with E-state index in [1.165, 1.54) is 17.6 Å². The molecule has 2 heterocycles. The fourth-order valence-corrected chi connectivity index (χ4v) is 3.32. The number of carbonyl (C=O) groups is 2. The first-order valence-electron chi connectivity index (χ1n) is 7.09. The van der Waals surface area contributed by atoms with Crippen LogP contribution in [-0.4, -0.2) is 18.5 Å². The zero-order valence-corrected chi connectivity index (χ0v) is 13.3. The molecule has 0 bridgehead atoms. The van der Waals surface area contributed by atoms with Crippen molar-refractivity contribution in [3.63, 3.8) is 0 Å². The number of rotatable bonds is 5. The van der Waals surface area contributed by atoms with E-state index in [0.717, 1.165) is 15.6 Å². The summed E-state index contributed by atoms with van der Waals surface area (Å²) in [6.45, 7) is 1.84. The summed E-state index contributed by atoms with van der Waals surface area (Å²) in [5, 5.41) is 3.66. The number of esters is 1. The van der Waals surface area contributed by atoms with Crippen molar-refractivity contribution in [1.29, 1.82) is 0 Å². The third-order valence-electron chi connectivity index (χ3n) is 3.40. The summed E-state index contributed by atoms with van der Waals surface area (Å²) in [6, 6.07) is 11.3. The van der Waals surface area contributed by atoms with Crippen molar-refractivity contribution in [1.82, 2.24) is 5.32 Å². The number of hydrogen-bond acceptors (Lipinski definition) is 5. The van der Waals surface area contributed by atoms with Crippen LogP contribution in [0.1, 0.15) is 21.0 Å². The highest BCUT2D eigenvalue weighted by Gasteiger charge is 2.17. The lowest BCUT2D eigenvalue weighted by molar-refractivity contribution is -0.124. The molecular weight excluding hydrogens is 314 g/mol. The fourth-order valence-electron chi connectivity index (χ4n) is 2.22. The zero-order chi connectivity index (χ0) is 16.2. The molecule has 3 aromatic rings. The Kier molecular flexibility index (Phi) is 4.43. The molecule has 0 aliphatic rings. The fraction of sp³-hybridized carbons (Fsp3) is 0.176. The normalized spacial score (nSPS) is 10.7. The molecule has 118 valence electrons.